The van der Waals surface area contributed by atoms with Crippen LogP contribution in [0.2, 0.25) is 0 Å². The lowest BCUT2D eigenvalue weighted by atomic mass is 10.0. The molecule has 0 atom stereocenters. The number of aromatic nitrogens is 1. The number of carbonyl (C=O) groups is 1. The zero-order valence-electron chi connectivity index (χ0n) is 12.4. The summed E-state index contributed by atoms with van der Waals surface area (Å²) in [5, 5.41) is 0.747. The highest BCUT2D eigenvalue weighted by Crippen LogP contribution is 2.31. The molecule has 23 heavy (non-hydrogen) atoms. The summed E-state index contributed by atoms with van der Waals surface area (Å²) >= 11 is 0. The minimum Gasteiger partial charge on any atom is -0.347 e. The molecule has 2 nitrogen and oxygen atoms in total. The number of hydrogen-bond donors (Lipinski definition) is 0. The fourth-order valence-electron chi connectivity index (χ4n) is 2.68. The smallest absolute Gasteiger partial charge is 0.347 e. The Kier molecular flexibility index (Phi) is 3.72. The maximum Gasteiger partial charge on any atom is 0.416 e. The number of benzene rings is 2. The Hall–Kier alpha value is -2.56. The van der Waals surface area contributed by atoms with Crippen LogP contribution in [0, 0.1) is 0 Å². The molecule has 1 heterocycles. The SMILES string of the molecule is CCn1cc(C(=O)c2cccc(C(F)(F)F)c2)c2ccccc21. The van der Waals surface area contributed by atoms with Crippen molar-refractivity contribution in [3.8, 4) is 0 Å². The molecule has 0 aliphatic heterocycles. The molecule has 0 saturated heterocycles. The largest absolute Gasteiger partial charge is 0.416 e. The van der Waals surface area contributed by atoms with E-state index in [1.807, 2.05) is 35.8 Å². The number of nitrogens with zero attached hydrogens (tertiary/aromatic N) is 1. The van der Waals surface area contributed by atoms with Gasteiger partial charge in [-0.05, 0) is 25.1 Å². The fourth-order valence-corrected chi connectivity index (χ4v) is 2.68. The zero-order valence-corrected chi connectivity index (χ0v) is 12.4. The monoisotopic (exact) mass is 317 g/mol. The Morgan fingerprint density at radius 3 is 2.52 bits per heavy atom. The molecule has 0 radical (unpaired) electrons. The van der Waals surface area contributed by atoms with Crippen molar-refractivity contribution in [2.75, 3.05) is 0 Å². The van der Waals surface area contributed by atoms with Crippen molar-refractivity contribution in [2.45, 2.75) is 19.6 Å². The van der Waals surface area contributed by atoms with Gasteiger partial charge in [-0.2, -0.15) is 13.2 Å². The van der Waals surface area contributed by atoms with E-state index >= 15 is 0 Å². The van der Waals surface area contributed by atoms with Crippen molar-refractivity contribution in [3.05, 3.63) is 71.4 Å². The predicted octanol–water partition coefficient (Wildman–Crippen LogP) is 4.91. The van der Waals surface area contributed by atoms with Gasteiger partial charge < -0.3 is 4.57 Å². The number of aryl methyl sites for hydroxylation is 1. The van der Waals surface area contributed by atoms with Gasteiger partial charge in [-0.3, -0.25) is 4.79 Å². The van der Waals surface area contributed by atoms with Crippen LogP contribution in [0.25, 0.3) is 10.9 Å². The minimum absolute atomic E-state index is 0.0406. The van der Waals surface area contributed by atoms with Gasteiger partial charge in [0.15, 0.2) is 5.78 Å². The van der Waals surface area contributed by atoms with E-state index in [0.29, 0.717) is 12.1 Å². The van der Waals surface area contributed by atoms with E-state index in [9.17, 15) is 18.0 Å². The summed E-state index contributed by atoms with van der Waals surface area (Å²) in [6.07, 6.45) is -2.76. The normalized spacial score (nSPS) is 11.8. The summed E-state index contributed by atoms with van der Waals surface area (Å²) in [6, 6.07) is 11.9. The fraction of sp³-hybridized carbons (Fsp3) is 0.167. The highest BCUT2D eigenvalue weighted by atomic mass is 19.4. The summed E-state index contributed by atoms with van der Waals surface area (Å²) in [6.45, 7) is 2.63. The summed E-state index contributed by atoms with van der Waals surface area (Å²) in [5.41, 5.74) is 0.536. The molecule has 0 aliphatic rings. The van der Waals surface area contributed by atoms with Crippen LogP contribution < -0.4 is 0 Å². The van der Waals surface area contributed by atoms with Gasteiger partial charge in [0.05, 0.1) is 5.56 Å². The lowest BCUT2D eigenvalue weighted by Crippen LogP contribution is -2.08. The third kappa shape index (κ3) is 2.74. The van der Waals surface area contributed by atoms with Gasteiger partial charge in [0.25, 0.3) is 0 Å². The Labute approximate surface area is 131 Å². The van der Waals surface area contributed by atoms with Crippen LogP contribution in [0.15, 0.2) is 54.7 Å². The molecule has 118 valence electrons. The van der Waals surface area contributed by atoms with E-state index in [-0.39, 0.29) is 5.56 Å². The Morgan fingerprint density at radius 1 is 1.09 bits per heavy atom. The lowest BCUT2D eigenvalue weighted by Gasteiger charge is -2.08. The number of alkyl halides is 3. The molecule has 3 aromatic rings. The van der Waals surface area contributed by atoms with Crippen LogP contribution in [-0.4, -0.2) is 10.4 Å². The number of carbonyl (C=O) groups excluding carboxylic acids is 1. The summed E-state index contributed by atoms with van der Waals surface area (Å²) in [5.74, 6) is -0.403. The van der Waals surface area contributed by atoms with Crippen LogP contribution in [0.1, 0.15) is 28.4 Å². The predicted molar refractivity (Wildman–Crippen MR) is 82.5 cm³/mol. The topological polar surface area (TPSA) is 22.0 Å². The van der Waals surface area contributed by atoms with E-state index in [2.05, 4.69) is 0 Å². The molecule has 0 fully saturated rings. The van der Waals surface area contributed by atoms with E-state index < -0.39 is 17.5 Å². The highest BCUT2D eigenvalue weighted by molar-refractivity contribution is 6.16. The first-order valence-electron chi connectivity index (χ1n) is 7.21. The number of rotatable bonds is 3. The average Bonchev–Trinajstić information content (AvgIpc) is 2.92. The maximum absolute atomic E-state index is 12.8. The first-order valence-corrected chi connectivity index (χ1v) is 7.21. The molecule has 2 aromatic carbocycles. The molecule has 0 aliphatic carbocycles. The van der Waals surface area contributed by atoms with Gasteiger partial charge >= 0.3 is 6.18 Å². The van der Waals surface area contributed by atoms with E-state index in [0.717, 1.165) is 23.0 Å². The van der Waals surface area contributed by atoms with Crippen molar-refractivity contribution < 1.29 is 18.0 Å². The van der Waals surface area contributed by atoms with Crippen LogP contribution in [0.5, 0.6) is 0 Å². The molecule has 0 unspecified atom stereocenters. The van der Waals surface area contributed by atoms with Gasteiger partial charge in [0.1, 0.15) is 0 Å². The second kappa shape index (κ2) is 5.57. The van der Waals surface area contributed by atoms with Crippen LogP contribution in [-0.2, 0) is 12.7 Å². The zero-order chi connectivity index (χ0) is 16.6. The van der Waals surface area contributed by atoms with E-state index in [4.69, 9.17) is 0 Å². The number of ketones is 1. The molecule has 0 spiro atoms. The summed E-state index contributed by atoms with van der Waals surface area (Å²) in [7, 11) is 0. The first-order chi connectivity index (χ1) is 10.9. The number of fused-ring (bicyclic) bond motifs is 1. The second-order valence-corrected chi connectivity index (χ2v) is 5.25. The molecule has 0 saturated carbocycles. The number of para-hydroxylation sites is 1. The van der Waals surface area contributed by atoms with Gasteiger partial charge in [0.2, 0.25) is 0 Å². The van der Waals surface area contributed by atoms with Crippen molar-refractivity contribution in [1.29, 1.82) is 0 Å². The molecule has 0 N–H and O–H groups in total. The van der Waals surface area contributed by atoms with Gasteiger partial charge in [0, 0.05) is 34.8 Å². The molecule has 1 aromatic heterocycles. The van der Waals surface area contributed by atoms with Gasteiger partial charge in [-0.25, -0.2) is 0 Å². The number of halogens is 3. The molecular weight excluding hydrogens is 303 g/mol. The molecular formula is C18H14F3NO. The molecule has 0 bridgehead atoms. The van der Waals surface area contributed by atoms with E-state index in [1.54, 1.807) is 6.20 Å². The van der Waals surface area contributed by atoms with Crippen LogP contribution in [0.3, 0.4) is 0 Å². The first kappa shape index (κ1) is 15.3. The molecule has 3 rings (SSSR count). The van der Waals surface area contributed by atoms with Gasteiger partial charge in [-0.15, -0.1) is 0 Å². The lowest BCUT2D eigenvalue weighted by molar-refractivity contribution is -0.137. The van der Waals surface area contributed by atoms with Crippen molar-refractivity contribution in [3.63, 3.8) is 0 Å². The van der Waals surface area contributed by atoms with Gasteiger partial charge in [-0.1, -0.05) is 30.3 Å². The van der Waals surface area contributed by atoms with Crippen molar-refractivity contribution >= 4 is 16.7 Å². The third-order valence-electron chi connectivity index (χ3n) is 3.83. The van der Waals surface area contributed by atoms with Crippen molar-refractivity contribution in [1.82, 2.24) is 4.57 Å². The average molecular weight is 317 g/mol. The standard InChI is InChI=1S/C18H14F3NO/c1-2-22-11-15(14-8-3-4-9-16(14)22)17(23)12-6-5-7-13(10-12)18(19,20)21/h3-11H,2H2,1H3. The second-order valence-electron chi connectivity index (χ2n) is 5.25. The number of hydrogen-bond acceptors (Lipinski definition) is 1. The quantitative estimate of drug-likeness (QED) is 0.629. The van der Waals surface area contributed by atoms with Crippen LogP contribution >= 0.6 is 0 Å². The molecule has 5 heteroatoms. The Balaban J connectivity index is 2.11. The molecule has 0 amide bonds. The van der Waals surface area contributed by atoms with Crippen molar-refractivity contribution in [2.24, 2.45) is 0 Å². The highest BCUT2D eigenvalue weighted by Gasteiger charge is 2.31. The minimum atomic E-state index is -4.46. The maximum atomic E-state index is 12.8. The van der Waals surface area contributed by atoms with Crippen LogP contribution in [0.4, 0.5) is 13.2 Å². The third-order valence-corrected chi connectivity index (χ3v) is 3.83. The van der Waals surface area contributed by atoms with E-state index in [1.165, 1.54) is 12.1 Å². The Morgan fingerprint density at radius 2 is 1.83 bits per heavy atom. The summed E-state index contributed by atoms with van der Waals surface area (Å²) < 4.78 is 40.4. The Bertz CT molecular complexity index is 877. The summed E-state index contributed by atoms with van der Waals surface area (Å²) in [4.78, 5) is 12.7.